The Morgan fingerprint density at radius 1 is 1.00 bits per heavy atom. The Morgan fingerprint density at radius 2 is 1.00 bits per heavy atom. The summed E-state index contributed by atoms with van der Waals surface area (Å²) >= 11 is 0. The fourth-order valence-corrected chi connectivity index (χ4v) is 0. The minimum absolute atomic E-state index is 0. The Labute approximate surface area is 60.6 Å². The van der Waals surface area contributed by atoms with Gasteiger partial charge in [-0.1, -0.05) is 0 Å². The molecule has 0 fully saturated rings. The van der Waals surface area contributed by atoms with Gasteiger partial charge in [0.25, 0.3) is 0 Å². The van der Waals surface area contributed by atoms with Crippen molar-refractivity contribution < 1.29 is 31.8 Å². The molecular weight excluding hydrogens is 152 g/mol. The van der Waals surface area contributed by atoms with E-state index in [0.29, 0.717) is 0 Å². The molecule has 0 atom stereocenters. The normalized spacial score (nSPS) is 1.75. The summed E-state index contributed by atoms with van der Waals surface area (Å²) in [4.78, 5) is 15.5. The molecule has 0 aromatic carbocycles. The first kappa shape index (κ1) is 45.7. The van der Waals surface area contributed by atoms with Gasteiger partial charge < -0.3 is 22.1 Å². The van der Waals surface area contributed by atoms with E-state index in [0.717, 1.165) is 7.11 Å². The van der Waals surface area contributed by atoms with Crippen LogP contribution in [0.4, 0.5) is 0 Å². The molecule has 0 aliphatic rings. The Morgan fingerprint density at radius 3 is 1.00 bits per heavy atom. The quantitative estimate of drug-likeness (QED) is 0.296. The maximum Gasteiger partial charge on any atom is 3.00 e. The second-order valence-electron chi connectivity index (χ2n) is 0. The van der Waals surface area contributed by atoms with Crippen molar-refractivity contribution in [3.63, 3.8) is 0 Å². The van der Waals surface area contributed by atoms with Gasteiger partial charge in [-0.3, -0.25) is 13.6 Å². The van der Waals surface area contributed by atoms with Gasteiger partial charge in [-0.15, -0.1) is 0 Å². The van der Waals surface area contributed by atoms with Gasteiger partial charge in [0.15, 0.2) is 0 Å². The van der Waals surface area contributed by atoms with Crippen LogP contribution in [-0.4, -0.2) is 25.8 Å². The molecule has 0 unspecified atom stereocenters. The number of hydrogen-bond acceptors (Lipinski definition) is 3. The monoisotopic (exact) mass is 161 g/mol. The van der Waals surface area contributed by atoms with E-state index < -0.39 is 0 Å². The molecule has 0 heterocycles. The summed E-state index contributed by atoms with van der Waals surface area (Å²) in [5.41, 5.74) is 0. The van der Waals surface area contributed by atoms with Gasteiger partial charge in [0.2, 0.25) is 0 Å². The Balaban J connectivity index is -0.00000000500. The smallest absolute Gasteiger partial charge is 0.545 e. The topological polar surface area (TPSA) is 54.4 Å². The fourth-order valence-electron chi connectivity index (χ4n) is 0. The van der Waals surface area contributed by atoms with Crippen LogP contribution in [0.5, 0.6) is 0 Å². The van der Waals surface area contributed by atoms with Crippen LogP contribution in [0.2, 0.25) is 0 Å². The van der Waals surface area contributed by atoms with Crippen LogP contribution >= 0.6 is 0 Å². The zero-order chi connectivity index (χ0) is 6.00. The molecule has 0 spiro atoms. The van der Waals surface area contributed by atoms with E-state index in [1.54, 1.807) is 0 Å². The molecular formula is C4H9FeO3. The van der Waals surface area contributed by atoms with Gasteiger partial charge >= 0.3 is 17.1 Å². The molecule has 1 N–H and O–H groups in total. The van der Waals surface area contributed by atoms with Gasteiger partial charge in [-0.05, 0) is 0 Å². The molecule has 0 aliphatic carbocycles. The van der Waals surface area contributed by atoms with Crippen LogP contribution < -0.4 is 0 Å². The van der Waals surface area contributed by atoms with Gasteiger partial charge in [-0.2, -0.15) is 0 Å². The van der Waals surface area contributed by atoms with E-state index in [2.05, 4.69) is 13.6 Å². The maximum absolute atomic E-state index is 7.75. The Kier molecular flexibility index (Phi) is 40500. The third kappa shape index (κ3) is 4150. The van der Waals surface area contributed by atoms with Gasteiger partial charge in [0, 0.05) is 7.11 Å². The number of hydrogen-bond donors (Lipinski definition) is 1. The number of carbonyl (C=O) groups excluding carboxylic acids is 2. The van der Waals surface area contributed by atoms with Gasteiger partial charge in [0.1, 0.15) is 0 Å². The predicted molar refractivity (Wildman–Crippen MR) is 28.1 cm³/mol. The summed E-state index contributed by atoms with van der Waals surface area (Å²) in [6.07, 6.45) is 0. The average Bonchev–Trinajstić information content (AvgIpc) is 1.81. The van der Waals surface area contributed by atoms with Crippen LogP contribution in [0, 0.1) is 7.43 Å². The minimum atomic E-state index is 0. The van der Waals surface area contributed by atoms with Crippen LogP contribution in [0.1, 0.15) is 0 Å². The van der Waals surface area contributed by atoms with Crippen LogP contribution in [0.25, 0.3) is 0 Å². The van der Waals surface area contributed by atoms with E-state index in [-0.39, 0.29) is 24.5 Å². The predicted octanol–water partition coefficient (Wildman–Crippen LogP) is -0.492. The van der Waals surface area contributed by atoms with Gasteiger partial charge in [0.05, 0.1) is 0 Å². The van der Waals surface area contributed by atoms with Crippen molar-refractivity contribution in [3.05, 3.63) is 7.43 Å². The molecule has 51 valence electrons. The summed E-state index contributed by atoms with van der Waals surface area (Å²) in [5, 5.41) is 7.00. The average molecular weight is 161 g/mol. The van der Waals surface area contributed by atoms with E-state index in [4.69, 9.17) is 14.7 Å². The van der Waals surface area contributed by atoms with Crippen molar-refractivity contribution in [2.24, 2.45) is 0 Å². The molecule has 0 saturated heterocycles. The van der Waals surface area contributed by atoms with Gasteiger partial charge in [-0.25, -0.2) is 0 Å². The molecule has 0 rings (SSSR count). The summed E-state index contributed by atoms with van der Waals surface area (Å²) < 4.78 is 0. The summed E-state index contributed by atoms with van der Waals surface area (Å²) in [7, 11) is 1.00. The zero-order valence-electron chi connectivity index (χ0n) is 4.77. The van der Waals surface area contributed by atoms with Crippen molar-refractivity contribution in [1.29, 1.82) is 0 Å². The molecule has 0 aromatic rings. The molecule has 1 radical (unpaired) electrons. The first-order valence-corrected chi connectivity index (χ1v) is 0.919. The first-order valence-electron chi connectivity index (χ1n) is 0.919. The zero-order valence-corrected chi connectivity index (χ0v) is 5.88. The number of rotatable bonds is 0. The van der Waals surface area contributed by atoms with Crippen LogP contribution in [-0.2, 0) is 26.7 Å². The number of aliphatic hydroxyl groups is 1. The van der Waals surface area contributed by atoms with E-state index in [9.17, 15) is 0 Å². The minimum Gasteiger partial charge on any atom is -0.545 e. The molecule has 0 saturated carbocycles. The van der Waals surface area contributed by atoms with Crippen LogP contribution in [0.3, 0.4) is 0 Å². The molecule has 4 heteroatoms. The summed E-state index contributed by atoms with van der Waals surface area (Å²) in [5.74, 6) is 0. The first-order chi connectivity index (χ1) is 3.00. The fraction of sp³-hybridized carbons (Fsp3) is 0.250. The summed E-state index contributed by atoms with van der Waals surface area (Å²) in [6.45, 7) is 6.50. The van der Waals surface area contributed by atoms with Crippen molar-refractivity contribution in [1.82, 2.24) is 0 Å². The molecule has 0 amide bonds. The molecule has 0 aliphatic heterocycles. The SMILES string of the molecule is CO.[CH-]=O.[CH-]=O.[CH3-].[Fe+3]. The van der Waals surface area contributed by atoms with Crippen molar-refractivity contribution >= 4 is 13.6 Å². The third-order valence-corrected chi connectivity index (χ3v) is 0. The molecule has 8 heavy (non-hydrogen) atoms. The van der Waals surface area contributed by atoms with Crippen molar-refractivity contribution in [3.8, 4) is 0 Å². The second kappa shape index (κ2) is 7090. The molecule has 3 nitrogen and oxygen atoms in total. The van der Waals surface area contributed by atoms with E-state index in [1.165, 1.54) is 0 Å². The largest absolute Gasteiger partial charge is 3.00 e. The van der Waals surface area contributed by atoms with E-state index in [1.807, 2.05) is 0 Å². The Bertz CT molecular complexity index is 13.2. The van der Waals surface area contributed by atoms with E-state index >= 15 is 0 Å². The number of aliphatic hydroxyl groups excluding tert-OH is 1. The van der Waals surface area contributed by atoms with Crippen molar-refractivity contribution in [2.45, 2.75) is 0 Å². The standard InChI is InChI=1S/CH4O.2CHO.CH3.Fe/c3*1-2;;/h2H,1H3;2*1H;1H3;/q;3*-1;+3. The second-order valence-corrected chi connectivity index (χ2v) is 0. The van der Waals surface area contributed by atoms with Crippen LogP contribution in [0.15, 0.2) is 0 Å². The Hall–Kier alpha value is -0.181. The van der Waals surface area contributed by atoms with Crippen molar-refractivity contribution in [2.75, 3.05) is 7.11 Å². The third-order valence-electron chi connectivity index (χ3n) is 0. The molecule has 0 bridgehead atoms. The summed E-state index contributed by atoms with van der Waals surface area (Å²) in [6, 6.07) is 0. The molecule has 0 aromatic heterocycles. The maximum atomic E-state index is 7.75.